The molecule has 2 heterocycles. The first-order valence-corrected chi connectivity index (χ1v) is 9.97. The predicted molar refractivity (Wildman–Crippen MR) is 107 cm³/mol. The maximum atomic E-state index is 15.3. The monoisotopic (exact) mass is 387 g/mol. The van der Waals surface area contributed by atoms with Crippen LogP contribution in [-0.4, -0.2) is 34.8 Å². The van der Waals surface area contributed by atoms with Crippen molar-refractivity contribution < 1.29 is 14.3 Å². The molecule has 2 aromatic rings. The average Bonchev–Trinajstić information content (AvgIpc) is 3.48. The highest BCUT2D eigenvalue weighted by Crippen LogP contribution is 2.41. The minimum Gasteiger partial charge on any atom is -0.477 e. The summed E-state index contributed by atoms with van der Waals surface area (Å²) in [5, 5.41) is 9.59. The molecule has 7 heteroatoms. The summed E-state index contributed by atoms with van der Waals surface area (Å²) in [6.07, 6.45) is 4.65. The summed E-state index contributed by atoms with van der Waals surface area (Å²) in [5.74, 6) is -1.50. The maximum Gasteiger partial charge on any atom is 0.341 e. The van der Waals surface area contributed by atoms with Crippen LogP contribution in [0.4, 0.5) is 10.1 Å². The quantitative estimate of drug-likeness (QED) is 0.842. The Morgan fingerprint density at radius 3 is 2.64 bits per heavy atom. The number of benzene rings is 1. The molecular formula is C21H26FN3O3. The van der Waals surface area contributed by atoms with Gasteiger partial charge in [-0.1, -0.05) is 13.8 Å². The molecule has 6 nitrogen and oxygen atoms in total. The lowest BCUT2D eigenvalue weighted by Crippen LogP contribution is -2.46. The first-order valence-electron chi connectivity index (χ1n) is 9.97. The maximum absolute atomic E-state index is 15.3. The molecule has 150 valence electrons. The Hall–Kier alpha value is -2.41. The Morgan fingerprint density at radius 2 is 2.07 bits per heavy atom. The van der Waals surface area contributed by atoms with Gasteiger partial charge in [0.15, 0.2) is 0 Å². The zero-order chi connectivity index (χ0) is 20.2. The van der Waals surface area contributed by atoms with E-state index in [4.69, 9.17) is 5.73 Å². The summed E-state index contributed by atoms with van der Waals surface area (Å²) in [7, 11) is 0. The Bertz CT molecular complexity index is 1010. The van der Waals surface area contributed by atoms with E-state index in [2.05, 4.69) is 6.92 Å². The predicted octanol–water partition coefficient (Wildman–Crippen LogP) is 2.91. The average molecular weight is 387 g/mol. The number of anilines is 1. The van der Waals surface area contributed by atoms with E-state index >= 15 is 4.39 Å². The van der Waals surface area contributed by atoms with Crippen molar-refractivity contribution in [3.8, 4) is 0 Å². The first-order chi connectivity index (χ1) is 13.3. The third-order valence-electron chi connectivity index (χ3n) is 6.15. The third kappa shape index (κ3) is 2.98. The number of nitrogens with two attached hydrogens (primary N) is 1. The molecule has 4 rings (SSSR count). The molecule has 1 aromatic carbocycles. The number of halogens is 1. The fraction of sp³-hybridized carbons (Fsp3) is 0.524. The van der Waals surface area contributed by atoms with Crippen LogP contribution < -0.4 is 16.1 Å². The molecule has 0 bridgehead atoms. The van der Waals surface area contributed by atoms with Gasteiger partial charge in [0.05, 0.1) is 11.2 Å². The molecule has 2 fully saturated rings. The Kier molecular flexibility index (Phi) is 4.65. The van der Waals surface area contributed by atoms with E-state index in [0.717, 1.165) is 24.8 Å². The van der Waals surface area contributed by atoms with E-state index in [0.29, 0.717) is 30.7 Å². The molecule has 2 aliphatic rings. The van der Waals surface area contributed by atoms with Gasteiger partial charge in [-0.15, -0.1) is 0 Å². The van der Waals surface area contributed by atoms with Gasteiger partial charge in [0, 0.05) is 42.3 Å². The third-order valence-corrected chi connectivity index (χ3v) is 6.15. The number of nitrogens with zero attached hydrogens (tertiary/aromatic N) is 2. The molecule has 2 unspecified atom stereocenters. The molecule has 2 atom stereocenters. The zero-order valence-electron chi connectivity index (χ0n) is 16.2. The van der Waals surface area contributed by atoms with E-state index in [-0.39, 0.29) is 29.0 Å². The van der Waals surface area contributed by atoms with Gasteiger partial charge < -0.3 is 20.3 Å². The molecule has 1 saturated carbocycles. The summed E-state index contributed by atoms with van der Waals surface area (Å²) in [5.41, 5.74) is 7.21. The van der Waals surface area contributed by atoms with Crippen molar-refractivity contribution in [3.05, 3.63) is 39.4 Å². The lowest BCUT2D eigenvalue weighted by atomic mass is 9.93. The van der Waals surface area contributed by atoms with Crippen LogP contribution in [0.2, 0.25) is 0 Å². The number of carboxylic acids is 1. The van der Waals surface area contributed by atoms with Crippen molar-refractivity contribution in [2.24, 2.45) is 11.7 Å². The molecular weight excluding hydrogens is 361 g/mol. The smallest absolute Gasteiger partial charge is 0.341 e. The summed E-state index contributed by atoms with van der Waals surface area (Å²) in [6, 6.07) is 1.50. The largest absolute Gasteiger partial charge is 0.477 e. The van der Waals surface area contributed by atoms with Crippen LogP contribution in [0.1, 0.15) is 55.1 Å². The molecule has 3 N–H and O–H groups in total. The van der Waals surface area contributed by atoms with Crippen molar-refractivity contribution in [1.82, 2.24) is 4.57 Å². The van der Waals surface area contributed by atoms with Crippen LogP contribution in [0.5, 0.6) is 0 Å². The molecule has 0 radical (unpaired) electrons. The molecule has 1 aliphatic heterocycles. The van der Waals surface area contributed by atoms with Gasteiger partial charge in [0.25, 0.3) is 0 Å². The van der Waals surface area contributed by atoms with Crippen LogP contribution in [0.3, 0.4) is 0 Å². The van der Waals surface area contributed by atoms with Crippen LogP contribution >= 0.6 is 0 Å². The van der Waals surface area contributed by atoms with Crippen LogP contribution in [0.25, 0.3) is 10.9 Å². The van der Waals surface area contributed by atoms with Crippen molar-refractivity contribution in [2.45, 2.75) is 51.6 Å². The van der Waals surface area contributed by atoms with Crippen molar-refractivity contribution in [1.29, 1.82) is 0 Å². The van der Waals surface area contributed by atoms with Crippen LogP contribution in [0.15, 0.2) is 17.1 Å². The second kappa shape index (κ2) is 6.88. The normalized spacial score (nSPS) is 22.6. The highest BCUT2D eigenvalue weighted by Gasteiger charge is 2.32. The van der Waals surface area contributed by atoms with Crippen LogP contribution in [0, 0.1) is 11.7 Å². The van der Waals surface area contributed by atoms with E-state index in [9.17, 15) is 14.7 Å². The zero-order valence-corrected chi connectivity index (χ0v) is 16.2. The van der Waals surface area contributed by atoms with Crippen molar-refractivity contribution in [2.75, 3.05) is 18.0 Å². The summed E-state index contributed by atoms with van der Waals surface area (Å²) in [4.78, 5) is 26.4. The fourth-order valence-electron chi connectivity index (χ4n) is 4.39. The van der Waals surface area contributed by atoms with E-state index < -0.39 is 17.2 Å². The van der Waals surface area contributed by atoms with E-state index in [1.54, 1.807) is 0 Å². The summed E-state index contributed by atoms with van der Waals surface area (Å²) < 4.78 is 17.2. The minimum absolute atomic E-state index is 0.104. The number of piperidine rings is 1. The van der Waals surface area contributed by atoms with Crippen molar-refractivity contribution >= 4 is 22.6 Å². The highest BCUT2D eigenvalue weighted by atomic mass is 19.1. The lowest BCUT2D eigenvalue weighted by Gasteiger charge is -2.38. The van der Waals surface area contributed by atoms with Gasteiger partial charge in [0.2, 0.25) is 5.43 Å². The second-order valence-electron chi connectivity index (χ2n) is 8.13. The van der Waals surface area contributed by atoms with Gasteiger partial charge in [-0.2, -0.15) is 0 Å². The SMILES string of the molecule is CCc1c(N2CCC(N)C(C)C2)c(F)cc2c(=O)c(C(=O)O)cn(C3CC3)c12. The minimum atomic E-state index is -1.28. The molecule has 28 heavy (non-hydrogen) atoms. The number of aromatic carboxylic acids is 1. The van der Waals surface area contributed by atoms with Gasteiger partial charge in [-0.05, 0) is 37.7 Å². The first kappa shape index (κ1) is 18.9. The Labute approximate surface area is 162 Å². The summed E-state index contributed by atoms with van der Waals surface area (Å²) in [6.45, 7) is 5.35. The Morgan fingerprint density at radius 1 is 1.36 bits per heavy atom. The number of carbonyl (C=O) groups is 1. The highest BCUT2D eigenvalue weighted by molar-refractivity contribution is 5.95. The number of rotatable bonds is 4. The fourth-order valence-corrected chi connectivity index (χ4v) is 4.39. The van der Waals surface area contributed by atoms with Crippen molar-refractivity contribution in [3.63, 3.8) is 0 Å². The lowest BCUT2D eigenvalue weighted by molar-refractivity contribution is 0.0695. The van der Waals surface area contributed by atoms with Gasteiger partial charge >= 0.3 is 5.97 Å². The topological polar surface area (TPSA) is 88.6 Å². The number of carboxylic acid groups (broad SMARTS) is 1. The number of aryl methyl sites for hydroxylation is 1. The molecule has 0 spiro atoms. The number of aromatic nitrogens is 1. The molecule has 0 amide bonds. The Balaban J connectivity index is 1.99. The molecule has 1 aliphatic carbocycles. The van der Waals surface area contributed by atoms with Gasteiger partial charge in [-0.3, -0.25) is 4.79 Å². The number of hydrogen-bond acceptors (Lipinski definition) is 4. The number of fused-ring (bicyclic) bond motifs is 1. The number of hydrogen-bond donors (Lipinski definition) is 2. The van der Waals surface area contributed by atoms with Crippen LogP contribution in [-0.2, 0) is 6.42 Å². The second-order valence-corrected chi connectivity index (χ2v) is 8.13. The van der Waals surface area contributed by atoms with E-state index in [1.165, 1.54) is 12.3 Å². The van der Waals surface area contributed by atoms with Gasteiger partial charge in [-0.25, -0.2) is 9.18 Å². The molecule has 1 aromatic heterocycles. The summed E-state index contributed by atoms with van der Waals surface area (Å²) >= 11 is 0. The standard InChI is InChI=1S/C21H26FN3O3/c1-3-13-18-14(20(26)15(21(27)28)10-25(18)12-4-5-12)8-16(22)19(13)24-7-6-17(23)11(2)9-24/h8,10-12,17H,3-7,9,23H2,1-2H3,(H,27,28). The number of pyridine rings is 1. The van der Waals surface area contributed by atoms with Gasteiger partial charge in [0.1, 0.15) is 11.4 Å². The van der Waals surface area contributed by atoms with E-state index in [1.807, 2.05) is 16.4 Å². The molecule has 1 saturated heterocycles.